The van der Waals surface area contributed by atoms with Crippen molar-refractivity contribution in [3.63, 3.8) is 0 Å². The number of aromatic nitrogens is 1. The number of imide groups is 1. The highest BCUT2D eigenvalue weighted by Gasteiger charge is 2.23. The number of aromatic carboxylic acids is 1. The molecule has 1 aromatic heterocycles. The highest BCUT2D eigenvalue weighted by Crippen LogP contribution is 2.13. The second-order valence-electron chi connectivity index (χ2n) is 3.54. The molecule has 2 amide bonds. The van der Waals surface area contributed by atoms with Gasteiger partial charge in [-0.25, -0.2) is 9.78 Å². The molecule has 7 heteroatoms. The van der Waals surface area contributed by atoms with E-state index in [2.05, 4.69) is 10.3 Å². The molecule has 0 spiro atoms. The van der Waals surface area contributed by atoms with E-state index in [9.17, 15) is 14.4 Å². The fourth-order valence-corrected chi connectivity index (χ4v) is 1.52. The molecule has 7 nitrogen and oxygen atoms in total. The van der Waals surface area contributed by atoms with E-state index in [1.165, 1.54) is 23.2 Å². The van der Waals surface area contributed by atoms with Crippen LogP contribution in [0, 0.1) is 0 Å². The van der Waals surface area contributed by atoms with E-state index in [1.54, 1.807) is 0 Å². The Labute approximate surface area is 96.1 Å². The molecule has 1 aliphatic heterocycles. The minimum Gasteiger partial charge on any atom is -0.478 e. The number of rotatable bonds is 2. The van der Waals surface area contributed by atoms with Crippen molar-refractivity contribution in [3.8, 4) is 0 Å². The molecule has 0 radical (unpaired) electrons. The van der Waals surface area contributed by atoms with Gasteiger partial charge in [0.15, 0.2) is 0 Å². The van der Waals surface area contributed by atoms with Gasteiger partial charge in [-0.2, -0.15) is 0 Å². The summed E-state index contributed by atoms with van der Waals surface area (Å²) in [4.78, 5) is 38.5. The topological polar surface area (TPSA) is 99.6 Å². The Kier molecular flexibility index (Phi) is 2.73. The number of carbonyl (C=O) groups excluding carboxylic acids is 2. The molecule has 17 heavy (non-hydrogen) atoms. The Hall–Kier alpha value is -2.44. The monoisotopic (exact) mass is 235 g/mol. The molecule has 0 aliphatic carbocycles. The summed E-state index contributed by atoms with van der Waals surface area (Å²) in [5.74, 6) is -1.64. The van der Waals surface area contributed by atoms with Crippen molar-refractivity contribution >= 4 is 23.6 Å². The average Bonchev–Trinajstić information content (AvgIpc) is 2.28. The maximum atomic E-state index is 11.2. The molecule has 2 N–H and O–H groups in total. The fourth-order valence-electron chi connectivity index (χ4n) is 1.52. The molecule has 88 valence electrons. The third kappa shape index (κ3) is 2.39. The Bertz CT molecular complexity index is 484. The number of anilines is 1. The Morgan fingerprint density at radius 3 is 2.59 bits per heavy atom. The third-order valence-electron chi connectivity index (χ3n) is 2.26. The minimum absolute atomic E-state index is 0.0121. The van der Waals surface area contributed by atoms with Crippen molar-refractivity contribution < 1.29 is 19.5 Å². The summed E-state index contributed by atoms with van der Waals surface area (Å²) in [5, 5.41) is 11.0. The third-order valence-corrected chi connectivity index (χ3v) is 2.26. The number of nitrogens with one attached hydrogen (secondary N) is 1. The molecule has 0 atom stereocenters. The van der Waals surface area contributed by atoms with Crippen LogP contribution in [0.4, 0.5) is 5.82 Å². The average molecular weight is 235 g/mol. The molecule has 0 bridgehead atoms. The molecule has 2 rings (SSSR count). The lowest BCUT2D eigenvalue weighted by atomic mass is 10.2. The summed E-state index contributed by atoms with van der Waals surface area (Å²) in [7, 11) is 0. The minimum atomic E-state index is -1.08. The number of piperazine rings is 1. The number of carboxylic acid groups (broad SMARTS) is 1. The molecule has 1 aliphatic rings. The highest BCUT2D eigenvalue weighted by molar-refractivity contribution is 6.02. The largest absolute Gasteiger partial charge is 0.478 e. The van der Waals surface area contributed by atoms with Crippen molar-refractivity contribution in [2.45, 2.75) is 0 Å². The lowest BCUT2D eigenvalue weighted by Crippen LogP contribution is -2.51. The summed E-state index contributed by atoms with van der Waals surface area (Å²) in [6.45, 7) is -0.0242. The van der Waals surface area contributed by atoms with Gasteiger partial charge in [0.05, 0.1) is 18.7 Å². The van der Waals surface area contributed by atoms with Crippen LogP contribution in [-0.4, -0.2) is 41.0 Å². The van der Waals surface area contributed by atoms with Gasteiger partial charge in [-0.3, -0.25) is 14.9 Å². The fraction of sp³-hybridized carbons (Fsp3) is 0.200. The molecule has 0 aromatic carbocycles. The second-order valence-corrected chi connectivity index (χ2v) is 3.54. The van der Waals surface area contributed by atoms with Crippen LogP contribution in [0.2, 0.25) is 0 Å². The van der Waals surface area contributed by atoms with Gasteiger partial charge < -0.3 is 10.0 Å². The zero-order chi connectivity index (χ0) is 12.4. The van der Waals surface area contributed by atoms with Gasteiger partial charge in [-0.05, 0) is 12.1 Å². The van der Waals surface area contributed by atoms with Crippen LogP contribution in [0.15, 0.2) is 18.3 Å². The number of nitrogens with zero attached hydrogens (tertiary/aromatic N) is 2. The van der Waals surface area contributed by atoms with Crippen molar-refractivity contribution in [1.82, 2.24) is 10.3 Å². The predicted octanol–water partition coefficient (Wildman–Crippen LogP) is -0.757. The molecule has 1 fully saturated rings. The van der Waals surface area contributed by atoms with E-state index in [0.717, 1.165) is 0 Å². The van der Waals surface area contributed by atoms with E-state index in [-0.39, 0.29) is 18.7 Å². The normalized spacial score (nSPS) is 15.6. The van der Waals surface area contributed by atoms with E-state index >= 15 is 0 Å². The first-order chi connectivity index (χ1) is 8.06. The number of hydrogen-bond acceptors (Lipinski definition) is 5. The van der Waals surface area contributed by atoms with Gasteiger partial charge in [0.25, 0.3) is 0 Å². The zero-order valence-electron chi connectivity index (χ0n) is 8.71. The molecule has 0 unspecified atom stereocenters. The highest BCUT2D eigenvalue weighted by atomic mass is 16.4. The SMILES string of the molecule is O=C1CN(c2cc(C(=O)O)ccn2)CC(=O)N1. The lowest BCUT2D eigenvalue weighted by Gasteiger charge is -2.26. The quantitative estimate of drug-likeness (QED) is 0.654. The summed E-state index contributed by atoms with van der Waals surface area (Å²) in [5.41, 5.74) is 0.0634. The van der Waals surface area contributed by atoms with E-state index in [1.807, 2.05) is 0 Å². The number of hydrogen-bond donors (Lipinski definition) is 2. The van der Waals surface area contributed by atoms with Crippen molar-refractivity contribution in [1.29, 1.82) is 0 Å². The maximum Gasteiger partial charge on any atom is 0.335 e. The van der Waals surface area contributed by atoms with E-state index < -0.39 is 17.8 Å². The first kappa shape index (κ1) is 11.1. The summed E-state index contributed by atoms with van der Waals surface area (Å²) in [6.07, 6.45) is 1.33. The summed E-state index contributed by atoms with van der Waals surface area (Å²) < 4.78 is 0. The zero-order valence-corrected chi connectivity index (χ0v) is 8.71. The molecule has 1 saturated heterocycles. The predicted molar refractivity (Wildman–Crippen MR) is 56.6 cm³/mol. The maximum absolute atomic E-state index is 11.2. The molecule has 1 aromatic rings. The number of carboxylic acids is 1. The Morgan fingerprint density at radius 1 is 1.35 bits per heavy atom. The van der Waals surface area contributed by atoms with Crippen LogP contribution in [0.3, 0.4) is 0 Å². The van der Waals surface area contributed by atoms with Crippen LogP contribution in [-0.2, 0) is 9.59 Å². The summed E-state index contributed by atoms with van der Waals surface area (Å²) >= 11 is 0. The molecular formula is C10H9N3O4. The van der Waals surface area contributed by atoms with Gasteiger partial charge >= 0.3 is 5.97 Å². The van der Waals surface area contributed by atoms with Gasteiger partial charge in [0.1, 0.15) is 5.82 Å². The van der Waals surface area contributed by atoms with Gasteiger partial charge in [0, 0.05) is 6.20 Å². The van der Waals surface area contributed by atoms with Gasteiger partial charge in [0.2, 0.25) is 11.8 Å². The Morgan fingerprint density at radius 2 is 2.00 bits per heavy atom. The molecule has 2 heterocycles. The first-order valence-corrected chi connectivity index (χ1v) is 4.83. The second kappa shape index (κ2) is 4.20. The van der Waals surface area contributed by atoms with Crippen LogP contribution in [0.5, 0.6) is 0 Å². The van der Waals surface area contributed by atoms with Crippen LogP contribution >= 0.6 is 0 Å². The smallest absolute Gasteiger partial charge is 0.335 e. The molecular weight excluding hydrogens is 226 g/mol. The standard InChI is InChI=1S/C10H9N3O4/c14-8-4-13(5-9(15)12-8)7-3-6(10(16)17)1-2-11-7/h1-3H,4-5H2,(H,16,17)(H,12,14,15). The van der Waals surface area contributed by atoms with Gasteiger partial charge in [-0.15, -0.1) is 0 Å². The van der Waals surface area contributed by atoms with Crippen molar-refractivity contribution in [2.24, 2.45) is 0 Å². The van der Waals surface area contributed by atoms with Crippen molar-refractivity contribution in [2.75, 3.05) is 18.0 Å². The van der Waals surface area contributed by atoms with Crippen molar-refractivity contribution in [3.05, 3.63) is 23.9 Å². The first-order valence-electron chi connectivity index (χ1n) is 4.83. The van der Waals surface area contributed by atoms with E-state index in [4.69, 9.17) is 5.11 Å². The van der Waals surface area contributed by atoms with E-state index in [0.29, 0.717) is 5.82 Å². The number of carbonyl (C=O) groups is 3. The number of amides is 2. The Balaban J connectivity index is 2.27. The summed E-state index contributed by atoms with van der Waals surface area (Å²) in [6, 6.07) is 2.67. The lowest BCUT2D eigenvalue weighted by molar-refractivity contribution is -0.130. The van der Waals surface area contributed by atoms with Crippen LogP contribution in [0.1, 0.15) is 10.4 Å². The number of pyridine rings is 1. The molecule has 0 saturated carbocycles. The van der Waals surface area contributed by atoms with Crippen LogP contribution < -0.4 is 10.2 Å². The van der Waals surface area contributed by atoms with Crippen LogP contribution in [0.25, 0.3) is 0 Å². The van der Waals surface area contributed by atoms with Gasteiger partial charge in [-0.1, -0.05) is 0 Å².